The maximum absolute atomic E-state index is 12.9. The van der Waals surface area contributed by atoms with Crippen LogP contribution in [0.5, 0.6) is 0 Å². The Morgan fingerprint density at radius 3 is 2.43 bits per heavy atom. The standard InChI is InChI=1S/C20H26N2O3S3/c1-15-5-4-6-18(11-15)13-26-14-20(23)21-7-9-22(10-8-21)28(24,25)19-12-16(2)27-17(19)3/h4-6,11-12H,7-10,13-14H2,1-3H3. The smallest absolute Gasteiger partial charge is 0.244 e. The van der Waals surface area contributed by atoms with Crippen LogP contribution in [0.4, 0.5) is 0 Å². The number of thioether (sulfide) groups is 1. The minimum absolute atomic E-state index is 0.0808. The molecule has 1 aromatic heterocycles. The van der Waals surface area contributed by atoms with Crippen LogP contribution in [-0.2, 0) is 20.6 Å². The first-order chi connectivity index (χ1) is 13.3. The van der Waals surface area contributed by atoms with Crippen molar-refractivity contribution in [3.63, 3.8) is 0 Å². The summed E-state index contributed by atoms with van der Waals surface area (Å²) in [6.45, 7) is 7.43. The summed E-state index contributed by atoms with van der Waals surface area (Å²) in [5.41, 5.74) is 2.44. The highest BCUT2D eigenvalue weighted by Crippen LogP contribution is 2.28. The molecule has 2 aromatic rings. The Balaban J connectivity index is 1.50. The summed E-state index contributed by atoms with van der Waals surface area (Å²) in [6, 6.07) is 10.0. The molecule has 8 heteroatoms. The average molecular weight is 439 g/mol. The van der Waals surface area contributed by atoms with Crippen LogP contribution in [0.3, 0.4) is 0 Å². The molecule has 2 heterocycles. The lowest BCUT2D eigenvalue weighted by atomic mass is 10.2. The van der Waals surface area contributed by atoms with Gasteiger partial charge in [-0.3, -0.25) is 4.79 Å². The van der Waals surface area contributed by atoms with Gasteiger partial charge in [0.1, 0.15) is 0 Å². The molecular weight excluding hydrogens is 412 g/mol. The minimum atomic E-state index is -3.48. The van der Waals surface area contributed by atoms with Gasteiger partial charge in [0.2, 0.25) is 15.9 Å². The van der Waals surface area contributed by atoms with Crippen LogP contribution >= 0.6 is 23.1 Å². The summed E-state index contributed by atoms with van der Waals surface area (Å²) < 4.78 is 27.3. The highest BCUT2D eigenvalue weighted by Gasteiger charge is 2.31. The van der Waals surface area contributed by atoms with Crippen LogP contribution in [0, 0.1) is 20.8 Å². The summed E-state index contributed by atoms with van der Waals surface area (Å²) in [5, 5.41) is 0. The van der Waals surface area contributed by atoms with E-state index in [4.69, 9.17) is 0 Å². The first kappa shape index (κ1) is 21.4. The largest absolute Gasteiger partial charge is 0.339 e. The van der Waals surface area contributed by atoms with Gasteiger partial charge in [0.25, 0.3) is 0 Å². The number of carbonyl (C=O) groups is 1. The van der Waals surface area contributed by atoms with Gasteiger partial charge in [-0.15, -0.1) is 23.1 Å². The predicted octanol–water partition coefficient (Wildman–Crippen LogP) is 3.44. The lowest BCUT2D eigenvalue weighted by Gasteiger charge is -2.34. The molecule has 1 fully saturated rings. The molecule has 0 unspecified atom stereocenters. The van der Waals surface area contributed by atoms with Gasteiger partial charge in [0, 0.05) is 41.7 Å². The Kier molecular flexibility index (Phi) is 6.85. The van der Waals surface area contributed by atoms with Gasteiger partial charge in [-0.1, -0.05) is 29.8 Å². The van der Waals surface area contributed by atoms with Crippen molar-refractivity contribution in [3.8, 4) is 0 Å². The van der Waals surface area contributed by atoms with E-state index in [2.05, 4.69) is 25.1 Å². The molecule has 1 aromatic carbocycles. The molecule has 1 aliphatic heterocycles. The first-order valence-corrected chi connectivity index (χ1v) is 12.7. The molecule has 1 amide bonds. The Labute approximate surface area is 175 Å². The number of hydrogen-bond donors (Lipinski definition) is 0. The number of nitrogens with zero attached hydrogens (tertiary/aromatic N) is 2. The van der Waals surface area contributed by atoms with Gasteiger partial charge in [-0.25, -0.2) is 8.42 Å². The van der Waals surface area contributed by atoms with Gasteiger partial charge in [0.05, 0.1) is 10.6 Å². The first-order valence-electron chi connectivity index (χ1n) is 9.25. The molecule has 3 rings (SSSR count). The van der Waals surface area contributed by atoms with Crippen molar-refractivity contribution in [2.24, 2.45) is 0 Å². The molecule has 28 heavy (non-hydrogen) atoms. The number of carbonyl (C=O) groups excluding carboxylic acids is 1. The number of aryl methyl sites for hydroxylation is 3. The van der Waals surface area contributed by atoms with Crippen LogP contribution in [0.15, 0.2) is 35.2 Å². The lowest BCUT2D eigenvalue weighted by Crippen LogP contribution is -2.51. The molecule has 0 saturated carbocycles. The van der Waals surface area contributed by atoms with Gasteiger partial charge >= 0.3 is 0 Å². The van der Waals surface area contributed by atoms with Crippen LogP contribution in [-0.4, -0.2) is 55.5 Å². The second-order valence-electron chi connectivity index (χ2n) is 7.04. The quantitative estimate of drug-likeness (QED) is 0.693. The van der Waals surface area contributed by atoms with Gasteiger partial charge in [0.15, 0.2) is 0 Å². The number of thiophene rings is 1. The SMILES string of the molecule is Cc1cccc(CSCC(=O)N2CCN(S(=O)(=O)c3cc(C)sc3C)CC2)c1. The zero-order valence-electron chi connectivity index (χ0n) is 16.5. The zero-order valence-corrected chi connectivity index (χ0v) is 18.9. The van der Waals surface area contributed by atoms with E-state index in [1.165, 1.54) is 26.8 Å². The summed E-state index contributed by atoms with van der Waals surface area (Å²) in [5.74, 6) is 1.31. The Hall–Kier alpha value is -1.35. The van der Waals surface area contributed by atoms with Crippen molar-refractivity contribution in [2.45, 2.75) is 31.4 Å². The number of sulfonamides is 1. The van der Waals surface area contributed by atoms with E-state index in [9.17, 15) is 13.2 Å². The molecule has 0 spiro atoms. The van der Waals surface area contributed by atoms with E-state index < -0.39 is 10.0 Å². The highest BCUT2D eigenvalue weighted by atomic mass is 32.2. The van der Waals surface area contributed by atoms with Gasteiger partial charge in [-0.05, 0) is 32.4 Å². The number of amides is 1. The fraction of sp³-hybridized carbons (Fsp3) is 0.450. The van der Waals surface area contributed by atoms with Crippen molar-refractivity contribution < 1.29 is 13.2 Å². The van der Waals surface area contributed by atoms with Crippen molar-refractivity contribution in [1.29, 1.82) is 0 Å². The van der Waals surface area contributed by atoms with E-state index in [1.54, 1.807) is 22.7 Å². The maximum atomic E-state index is 12.9. The maximum Gasteiger partial charge on any atom is 0.244 e. The van der Waals surface area contributed by atoms with Crippen LogP contribution in [0.25, 0.3) is 0 Å². The normalized spacial score (nSPS) is 15.8. The van der Waals surface area contributed by atoms with Crippen molar-refractivity contribution in [3.05, 3.63) is 51.2 Å². The van der Waals surface area contributed by atoms with E-state index in [0.717, 1.165) is 15.5 Å². The second-order valence-corrected chi connectivity index (χ2v) is 11.4. The topological polar surface area (TPSA) is 57.7 Å². The van der Waals surface area contributed by atoms with E-state index in [1.807, 2.05) is 19.9 Å². The van der Waals surface area contributed by atoms with Gasteiger partial charge < -0.3 is 4.90 Å². The lowest BCUT2D eigenvalue weighted by molar-refractivity contribution is -0.129. The summed E-state index contributed by atoms with van der Waals surface area (Å²) in [7, 11) is -3.48. The zero-order chi connectivity index (χ0) is 20.3. The molecule has 152 valence electrons. The number of hydrogen-bond acceptors (Lipinski definition) is 5. The van der Waals surface area contributed by atoms with Crippen LogP contribution in [0.2, 0.25) is 0 Å². The van der Waals surface area contributed by atoms with E-state index in [0.29, 0.717) is 36.8 Å². The number of benzene rings is 1. The summed E-state index contributed by atoms with van der Waals surface area (Å²) >= 11 is 3.10. The van der Waals surface area contributed by atoms with Crippen molar-refractivity contribution in [1.82, 2.24) is 9.21 Å². The van der Waals surface area contributed by atoms with Crippen molar-refractivity contribution >= 4 is 39.0 Å². The van der Waals surface area contributed by atoms with E-state index in [-0.39, 0.29) is 5.91 Å². The Morgan fingerprint density at radius 1 is 1.11 bits per heavy atom. The molecule has 1 saturated heterocycles. The molecule has 0 radical (unpaired) electrons. The molecule has 1 aliphatic rings. The third-order valence-corrected chi connectivity index (χ3v) is 8.89. The minimum Gasteiger partial charge on any atom is -0.339 e. The Morgan fingerprint density at radius 2 is 1.82 bits per heavy atom. The third-order valence-electron chi connectivity index (χ3n) is 4.78. The second kappa shape index (κ2) is 8.98. The Bertz CT molecular complexity index is 945. The highest BCUT2D eigenvalue weighted by molar-refractivity contribution is 7.99. The molecular formula is C20H26N2O3S3. The number of rotatable bonds is 6. The average Bonchev–Trinajstić information content (AvgIpc) is 3.01. The van der Waals surface area contributed by atoms with Crippen LogP contribution < -0.4 is 0 Å². The third kappa shape index (κ3) is 4.97. The fourth-order valence-corrected chi connectivity index (χ4v) is 7.15. The summed E-state index contributed by atoms with van der Waals surface area (Å²) in [4.78, 5) is 16.5. The van der Waals surface area contributed by atoms with Crippen LogP contribution in [0.1, 0.15) is 20.9 Å². The molecule has 0 N–H and O–H groups in total. The molecule has 5 nitrogen and oxygen atoms in total. The number of piperazine rings is 1. The van der Waals surface area contributed by atoms with Gasteiger partial charge in [-0.2, -0.15) is 4.31 Å². The molecule has 0 atom stereocenters. The monoisotopic (exact) mass is 438 g/mol. The van der Waals surface area contributed by atoms with E-state index >= 15 is 0 Å². The van der Waals surface area contributed by atoms with Crippen molar-refractivity contribution in [2.75, 3.05) is 31.9 Å². The summed E-state index contributed by atoms with van der Waals surface area (Å²) in [6.07, 6.45) is 0. The fourth-order valence-electron chi connectivity index (χ4n) is 3.33. The predicted molar refractivity (Wildman–Crippen MR) is 116 cm³/mol. The molecule has 0 bridgehead atoms. The molecule has 0 aliphatic carbocycles.